The maximum absolute atomic E-state index is 11.4. The fraction of sp³-hybridized carbons (Fsp3) is 0.273. The van der Waals surface area contributed by atoms with Crippen molar-refractivity contribution in [2.45, 2.75) is 6.92 Å². The molecule has 0 aliphatic carbocycles. The molecule has 0 atom stereocenters. The Labute approximate surface area is 87.9 Å². The number of carbonyl (C=O) groups is 1. The molecule has 1 aromatic heterocycles. The van der Waals surface area contributed by atoms with Gasteiger partial charge in [-0.1, -0.05) is 0 Å². The van der Waals surface area contributed by atoms with Crippen LogP contribution in [0.15, 0.2) is 18.2 Å². The number of nitrogens with one attached hydrogen (secondary N) is 1. The second-order valence-corrected chi connectivity index (χ2v) is 3.50. The van der Waals surface area contributed by atoms with Crippen molar-refractivity contribution in [1.29, 1.82) is 0 Å². The maximum Gasteiger partial charge on any atom is 0.251 e. The molecule has 78 valence electrons. The number of aromatic nitrogens is 2. The molecule has 0 unspecified atom stereocenters. The van der Waals surface area contributed by atoms with Gasteiger partial charge in [0.2, 0.25) is 0 Å². The fourth-order valence-corrected chi connectivity index (χ4v) is 1.61. The molecule has 0 fully saturated rings. The summed E-state index contributed by atoms with van der Waals surface area (Å²) < 4.78 is 2.00. The Morgan fingerprint density at radius 2 is 2.20 bits per heavy atom. The van der Waals surface area contributed by atoms with Crippen LogP contribution in [0.25, 0.3) is 11.0 Å². The highest BCUT2D eigenvalue weighted by Crippen LogP contribution is 2.16. The molecule has 1 N–H and O–H groups in total. The summed E-state index contributed by atoms with van der Waals surface area (Å²) in [5, 5.41) is 2.59. The van der Waals surface area contributed by atoms with E-state index in [4.69, 9.17) is 0 Å². The van der Waals surface area contributed by atoms with Gasteiger partial charge in [-0.3, -0.25) is 4.79 Å². The Hall–Kier alpha value is -1.84. The van der Waals surface area contributed by atoms with Crippen molar-refractivity contribution in [1.82, 2.24) is 14.9 Å². The van der Waals surface area contributed by atoms with Crippen LogP contribution in [-0.2, 0) is 7.05 Å². The van der Waals surface area contributed by atoms with Gasteiger partial charge in [0.1, 0.15) is 5.82 Å². The number of rotatable bonds is 1. The number of carbonyl (C=O) groups excluding carboxylic acids is 1. The van der Waals surface area contributed by atoms with Gasteiger partial charge >= 0.3 is 0 Å². The summed E-state index contributed by atoms with van der Waals surface area (Å²) in [6, 6.07) is 5.53. The zero-order valence-electron chi connectivity index (χ0n) is 9.03. The zero-order chi connectivity index (χ0) is 11.0. The van der Waals surface area contributed by atoms with Crippen molar-refractivity contribution in [2.24, 2.45) is 7.05 Å². The van der Waals surface area contributed by atoms with Crippen LogP contribution in [0.5, 0.6) is 0 Å². The molecule has 0 aliphatic rings. The molecule has 1 heterocycles. The molecular weight excluding hydrogens is 190 g/mol. The molecule has 0 aliphatic heterocycles. The van der Waals surface area contributed by atoms with Gasteiger partial charge < -0.3 is 9.88 Å². The molecule has 2 rings (SSSR count). The topological polar surface area (TPSA) is 46.9 Å². The van der Waals surface area contributed by atoms with Crippen molar-refractivity contribution in [2.75, 3.05) is 7.05 Å². The van der Waals surface area contributed by atoms with E-state index in [0.717, 1.165) is 16.9 Å². The zero-order valence-corrected chi connectivity index (χ0v) is 9.03. The Morgan fingerprint density at radius 1 is 1.47 bits per heavy atom. The summed E-state index contributed by atoms with van der Waals surface area (Å²) in [5.74, 6) is 0.860. The van der Waals surface area contributed by atoms with Gasteiger partial charge in [0.05, 0.1) is 11.0 Å². The second kappa shape index (κ2) is 3.38. The molecule has 0 bridgehead atoms. The molecule has 0 spiro atoms. The largest absolute Gasteiger partial charge is 0.355 e. The van der Waals surface area contributed by atoms with Crippen LogP contribution in [0.2, 0.25) is 0 Å². The van der Waals surface area contributed by atoms with Gasteiger partial charge in [0, 0.05) is 19.7 Å². The van der Waals surface area contributed by atoms with Crippen molar-refractivity contribution in [3.8, 4) is 0 Å². The second-order valence-electron chi connectivity index (χ2n) is 3.50. The highest BCUT2D eigenvalue weighted by atomic mass is 16.1. The third-order valence-electron chi connectivity index (χ3n) is 2.59. The lowest BCUT2D eigenvalue weighted by Gasteiger charge is -2.00. The predicted molar refractivity (Wildman–Crippen MR) is 58.8 cm³/mol. The number of hydrogen-bond donors (Lipinski definition) is 1. The number of fused-ring (bicyclic) bond motifs is 1. The Balaban J connectivity index is 2.62. The van der Waals surface area contributed by atoms with Crippen molar-refractivity contribution in [3.63, 3.8) is 0 Å². The van der Waals surface area contributed by atoms with E-state index >= 15 is 0 Å². The standard InChI is InChI=1S/C11H13N3O/c1-7-13-9-6-8(11(15)12-2)4-5-10(9)14(7)3/h4-6H,1-3H3,(H,12,15). The quantitative estimate of drug-likeness (QED) is 0.758. The number of amides is 1. The summed E-state index contributed by atoms with van der Waals surface area (Å²) in [6.07, 6.45) is 0. The molecule has 4 heteroatoms. The average Bonchev–Trinajstić information content (AvgIpc) is 2.53. The minimum Gasteiger partial charge on any atom is -0.355 e. The highest BCUT2D eigenvalue weighted by Gasteiger charge is 2.08. The lowest BCUT2D eigenvalue weighted by molar-refractivity contribution is 0.0963. The van der Waals surface area contributed by atoms with Crippen LogP contribution in [0.3, 0.4) is 0 Å². The van der Waals surface area contributed by atoms with E-state index in [1.54, 1.807) is 13.1 Å². The lowest BCUT2D eigenvalue weighted by Crippen LogP contribution is -2.17. The normalized spacial score (nSPS) is 10.6. The molecule has 0 saturated carbocycles. The summed E-state index contributed by atoms with van der Waals surface area (Å²) in [5.41, 5.74) is 2.54. The Kier molecular flexibility index (Phi) is 2.19. The number of imidazole rings is 1. The first kappa shape index (κ1) is 9.71. The van der Waals surface area contributed by atoms with Crippen LogP contribution < -0.4 is 5.32 Å². The number of benzene rings is 1. The van der Waals surface area contributed by atoms with Gasteiger partial charge in [0.25, 0.3) is 5.91 Å². The van der Waals surface area contributed by atoms with E-state index < -0.39 is 0 Å². The first-order chi connectivity index (χ1) is 7.13. The maximum atomic E-state index is 11.4. The van der Waals surface area contributed by atoms with Gasteiger partial charge in [-0.05, 0) is 25.1 Å². The van der Waals surface area contributed by atoms with E-state index in [9.17, 15) is 4.79 Å². The van der Waals surface area contributed by atoms with Crippen molar-refractivity contribution in [3.05, 3.63) is 29.6 Å². The van der Waals surface area contributed by atoms with E-state index in [0.29, 0.717) is 5.56 Å². The van der Waals surface area contributed by atoms with E-state index in [-0.39, 0.29) is 5.91 Å². The van der Waals surface area contributed by atoms with Gasteiger partial charge in [-0.15, -0.1) is 0 Å². The van der Waals surface area contributed by atoms with Gasteiger partial charge in [-0.2, -0.15) is 0 Å². The van der Waals surface area contributed by atoms with Crippen molar-refractivity contribution >= 4 is 16.9 Å². The molecule has 2 aromatic rings. The molecule has 0 saturated heterocycles. The van der Waals surface area contributed by atoms with Gasteiger partial charge in [-0.25, -0.2) is 4.98 Å². The molecule has 4 nitrogen and oxygen atoms in total. The molecule has 15 heavy (non-hydrogen) atoms. The minimum atomic E-state index is -0.0831. The molecular formula is C11H13N3O. The van der Waals surface area contributed by atoms with E-state index in [1.165, 1.54) is 0 Å². The van der Waals surface area contributed by atoms with Crippen LogP contribution >= 0.6 is 0 Å². The number of nitrogens with zero attached hydrogens (tertiary/aromatic N) is 2. The average molecular weight is 203 g/mol. The monoisotopic (exact) mass is 203 g/mol. The smallest absolute Gasteiger partial charge is 0.251 e. The highest BCUT2D eigenvalue weighted by molar-refractivity contribution is 5.97. The van der Waals surface area contributed by atoms with Crippen LogP contribution in [-0.4, -0.2) is 22.5 Å². The van der Waals surface area contributed by atoms with Crippen LogP contribution in [0, 0.1) is 6.92 Å². The third kappa shape index (κ3) is 1.48. The first-order valence-electron chi connectivity index (χ1n) is 4.78. The number of aryl methyl sites for hydroxylation is 2. The summed E-state index contributed by atoms with van der Waals surface area (Å²) in [6.45, 7) is 1.94. The fourth-order valence-electron chi connectivity index (χ4n) is 1.61. The first-order valence-corrected chi connectivity index (χ1v) is 4.78. The van der Waals surface area contributed by atoms with Crippen molar-refractivity contribution < 1.29 is 4.79 Å². The van der Waals surface area contributed by atoms with Crippen LogP contribution in [0.4, 0.5) is 0 Å². The number of hydrogen-bond acceptors (Lipinski definition) is 2. The Bertz CT molecular complexity index is 528. The predicted octanol–water partition coefficient (Wildman–Crippen LogP) is 1.24. The molecule has 0 radical (unpaired) electrons. The van der Waals surface area contributed by atoms with E-state index in [2.05, 4.69) is 10.3 Å². The SMILES string of the molecule is CNC(=O)c1ccc2c(c1)nc(C)n2C. The third-order valence-corrected chi connectivity index (χ3v) is 2.59. The molecule has 1 aromatic carbocycles. The summed E-state index contributed by atoms with van der Waals surface area (Å²) in [7, 11) is 3.58. The van der Waals surface area contributed by atoms with E-state index in [1.807, 2.05) is 30.7 Å². The van der Waals surface area contributed by atoms with Gasteiger partial charge in [0.15, 0.2) is 0 Å². The minimum absolute atomic E-state index is 0.0831. The summed E-state index contributed by atoms with van der Waals surface area (Å²) in [4.78, 5) is 15.8. The Morgan fingerprint density at radius 3 is 2.87 bits per heavy atom. The molecule has 1 amide bonds. The summed E-state index contributed by atoms with van der Waals surface area (Å²) >= 11 is 0. The lowest BCUT2D eigenvalue weighted by atomic mass is 10.2. The van der Waals surface area contributed by atoms with Crippen LogP contribution in [0.1, 0.15) is 16.2 Å².